The molecule has 186 valence electrons. The Kier molecular flexibility index (Phi) is 6.53. The third-order valence-electron chi connectivity index (χ3n) is 5.56. The van der Waals surface area contributed by atoms with Gasteiger partial charge in [-0.15, -0.1) is 0 Å². The van der Waals surface area contributed by atoms with Gasteiger partial charge in [0.05, 0.1) is 18.2 Å². The molecule has 36 heavy (non-hydrogen) atoms. The summed E-state index contributed by atoms with van der Waals surface area (Å²) in [5.41, 5.74) is -2.11. The van der Waals surface area contributed by atoms with Gasteiger partial charge in [0.1, 0.15) is 22.9 Å². The number of methoxy groups -OCH3 is 1. The fourth-order valence-electron chi connectivity index (χ4n) is 4.00. The van der Waals surface area contributed by atoms with Gasteiger partial charge >= 0.3 is 5.97 Å². The number of hydrogen-bond acceptors (Lipinski definition) is 5. The highest BCUT2D eigenvalue weighted by Gasteiger charge is 2.37. The molecular formula is C26H20ClF3N2O4. The lowest BCUT2D eigenvalue weighted by Gasteiger charge is -2.13. The zero-order valence-electron chi connectivity index (χ0n) is 19.7. The maximum absolute atomic E-state index is 15.1. The van der Waals surface area contributed by atoms with E-state index in [-0.39, 0.29) is 5.02 Å². The first kappa shape index (κ1) is 25.2. The first-order chi connectivity index (χ1) is 16.9. The van der Waals surface area contributed by atoms with Crippen LogP contribution in [0.3, 0.4) is 0 Å². The van der Waals surface area contributed by atoms with E-state index in [1.165, 1.54) is 30.0 Å². The molecule has 0 amide bonds. The molecule has 4 aromatic rings. The molecule has 0 aliphatic carbocycles. The number of esters is 1. The summed E-state index contributed by atoms with van der Waals surface area (Å²) >= 11 is 5.73. The predicted molar refractivity (Wildman–Crippen MR) is 128 cm³/mol. The smallest absolute Gasteiger partial charge is 0.330 e. The minimum absolute atomic E-state index is 0.198. The molecule has 2 heterocycles. The zero-order chi connectivity index (χ0) is 26.4. The van der Waals surface area contributed by atoms with Crippen molar-refractivity contribution in [3.05, 3.63) is 81.7 Å². The molecule has 0 fully saturated rings. The Bertz CT molecular complexity index is 1520. The zero-order valence-corrected chi connectivity index (χ0v) is 20.4. The molecule has 10 heteroatoms. The summed E-state index contributed by atoms with van der Waals surface area (Å²) in [6.07, 6.45) is 4.28. The SMILES string of the molecule is COC(=O)/C=C/c1cccc2c1c(C)cn2C(=O)c1c(-c2c(F)cc(Cl)cc2F)noc1C(C)(C)F. The van der Waals surface area contributed by atoms with Crippen molar-refractivity contribution in [3.8, 4) is 11.3 Å². The van der Waals surface area contributed by atoms with Crippen molar-refractivity contribution in [1.29, 1.82) is 0 Å². The Labute approximate surface area is 208 Å². The number of halogens is 4. The van der Waals surface area contributed by atoms with Crippen LogP contribution >= 0.6 is 11.6 Å². The van der Waals surface area contributed by atoms with Crippen LogP contribution in [0, 0.1) is 18.6 Å². The van der Waals surface area contributed by atoms with Gasteiger partial charge in [-0.2, -0.15) is 0 Å². The van der Waals surface area contributed by atoms with Crippen molar-refractivity contribution in [2.24, 2.45) is 0 Å². The molecule has 0 aliphatic heterocycles. The van der Waals surface area contributed by atoms with E-state index >= 15 is 4.39 Å². The van der Waals surface area contributed by atoms with Crippen LogP contribution in [-0.2, 0) is 15.2 Å². The lowest BCUT2D eigenvalue weighted by atomic mass is 9.98. The van der Waals surface area contributed by atoms with Gasteiger partial charge in [-0.25, -0.2) is 18.0 Å². The highest BCUT2D eigenvalue weighted by molar-refractivity contribution is 6.30. The summed E-state index contributed by atoms with van der Waals surface area (Å²) in [7, 11) is 1.25. The Morgan fingerprint density at radius 2 is 1.86 bits per heavy atom. The Morgan fingerprint density at radius 3 is 2.47 bits per heavy atom. The molecule has 6 nitrogen and oxygen atoms in total. The Morgan fingerprint density at radius 1 is 1.19 bits per heavy atom. The Hall–Kier alpha value is -3.85. The average molecular weight is 517 g/mol. The van der Waals surface area contributed by atoms with Crippen molar-refractivity contribution < 1.29 is 32.0 Å². The van der Waals surface area contributed by atoms with E-state index in [2.05, 4.69) is 9.89 Å². The van der Waals surface area contributed by atoms with Crippen LogP contribution in [0.1, 0.15) is 41.1 Å². The monoisotopic (exact) mass is 516 g/mol. The molecule has 0 N–H and O–H groups in total. The van der Waals surface area contributed by atoms with Crippen LogP contribution in [0.25, 0.3) is 28.2 Å². The number of rotatable bonds is 5. The minimum Gasteiger partial charge on any atom is -0.466 e. The molecule has 2 aromatic carbocycles. The highest BCUT2D eigenvalue weighted by Crippen LogP contribution is 2.38. The van der Waals surface area contributed by atoms with Crippen LogP contribution < -0.4 is 0 Å². The van der Waals surface area contributed by atoms with Gasteiger partial charge in [0.2, 0.25) is 0 Å². The molecule has 4 rings (SSSR count). The summed E-state index contributed by atoms with van der Waals surface area (Å²) in [5.74, 6) is -4.04. The largest absolute Gasteiger partial charge is 0.466 e. The van der Waals surface area contributed by atoms with Crippen LogP contribution in [0.2, 0.25) is 5.02 Å². The molecular weight excluding hydrogens is 497 g/mol. The van der Waals surface area contributed by atoms with Crippen molar-refractivity contribution in [2.75, 3.05) is 7.11 Å². The maximum Gasteiger partial charge on any atom is 0.330 e. The van der Waals surface area contributed by atoms with Gasteiger partial charge in [0.25, 0.3) is 5.91 Å². The summed E-state index contributed by atoms with van der Waals surface area (Å²) in [5, 5.41) is 4.11. The summed E-state index contributed by atoms with van der Waals surface area (Å²) in [4.78, 5) is 25.4. The van der Waals surface area contributed by atoms with E-state index in [1.807, 2.05) is 0 Å². The molecule has 0 spiro atoms. The normalized spacial score (nSPS) is 12.0. The average Bonchev–Trinajstić information content (AvgIpc) is 3.38. The van der Waals surface area contributed by atoms with Gasteiger partial charge in [0.15, 0.2) is 11.4 Å². The van der Waals surface area contributed by atoms with Crippen LogP contribution in [0.5, 0.6) is 0 Å². The van der Waals surface area contributed by atoms with Crippen LogP contribution in [-0.4, -0.2) is 28.7 Å². The molecule has 0 saturated heterocycles. The van der Waals surface area contributed by atoms with Crippen molar-refractivity contribution in [1.82, 2.24) is 9.72 Å². The third-order valence-corrected chi connectivity index (χ3v) is 5.78. The minimum atomic E-state index is -2.21. The molecule has 0 saturated carbocycles. The van der Waals surface area contributed by atoms with Gasteiger partial charge < -0.3 is 9.26 Å². The molecule has 2 aromatic heterocycles. The number of carbonyl (C=O) groups excluding carboxylic acids is 2. The third kappa shape index (κ3) is 4.42. The second-order valence-corrected chi connectivity index (χ2v) is 8.97. The lowest BCUT2D eigenvalue weighted by Crippen LogP contribution is -2.19. The molecule has 0 radical (unpaired) electrons. The Balaban J connectivity index is 1.96. The quantitative estimate of drug-likeness (QED) is 0.220. The first-order valence-corrected chi connectivity index (χ1v) is 11.1. The fourth-order valence-corrected chi connectivity index (χ4v) is 4.19. The number of benzene rings is 2. The number of nitrogens with zero attached hydrogens (tertiary/aromatic N) is 2. The fraction of sp³-hybridized carbons (Fsp3) is 0.192. The number of hydrogen-bond donors (Lipinski definition) is 0. The second-order valence-electron chi connectivity index (χ2n) is 8.54. The topological polar surface area (TPSA) is 74.3 Å². The molecule has 0 atom stereocenters. The van der Waals surface area contributed by atoms with E-state index in [4.69, 9.17) is 16.1 Å². The van der Waals surface area contributed by atoms with Crippen molar-refractivity contribution in [3.63, 3.8) is 0 Å². The molecule has 0 aliphatic rings. The standard InChI is InChI=1S/C26H20ClF3N2O4/c1-13-12-32(18-7-5-6-14(20(13)18)8-9-19(33)35-4)25(34)22-23(31-36-24(22)26(2,3)30)21-16(28)10-15(27)11-17(21)29/h5-12H,1-4H3/b9-8+. The highest BCUT2D eigenvalue weighted by atomic mass is 35.5. The van der Waals surface area contributed by atoms with Crippen molar-refractivity contribution >= 4 is 40.5 Å². The van der Waals surface area contributed by atoms with E-state index in [1.54, 1.807) is 25.1 Å². The number of aromatic nitrogens is 2. The first-order valence-electron chi connectivity index (χ1n) is 10.7. The lowest BCUT2D eigenvalue weighted by molar-refractivity contribution is -0.134. The molecule has 0 bridgehead atoms. The van der Waals surface area contributed by atoms with E-state index in [0.29, 0.717) is 22.0 Å². The van der Waals surface area contributed by atoms with E-state index in [9.17, 15) is 18.4 Å². The number of ether oxygens (including phenoxy) is 1. The maximum atomic E-state index is 15.1. The van der Waals surface area contributed by atoms with Crippen LogP contribution in [0.15, 0.2) is 47.1 Å². The van der Waals surface area contributed by atoms with Crippen LogP contribution in [0.4, 0.5) is 13.2 Å². The van der Waals surface area contributed by atoms with Gasteiger partial charge in [0, 0.05) is 22.7 Å². The predicted octanol–water partition coefficient (Wildman–Crippen LogP) is 6.62. The number of aryl methyl sites for hydroxylation is 1. The number of carbonyl (C=O) groups is 2. The van der Waals surface area contributed by atoms with Gasteiger partial charge in [-0.05, 0) is 56.2 Å². The summed E-state index contributed by atoms with van der Waals surface area (Å²) in [6, 6.07) is 6.77. The number of fused-ring (bicyclic) bond motifs is 1. The van der Waals surface area contributed by atoms with Crippen molar-refractivity contribution in [2.45, 2.75) is 26.4 Å². The summed E-state index contributed by atoms with van der Waals surface area (Å²) < 4.78 is 55.6. The van der Waals surface area contributed by atoms with Gasteiger partial charge in [-0.1, -0.05) is 28.9 Å². The summed E-state index contributed by atoms with van der Waals surface area (Å²) in [6.45, 7) is 4.02. The number of alkyl halides is 1. The molecule has 0 unspecified atom stereocenters. The van der Waals surface area contributed by atoms with E-state index < -0.39 is 51.8 Å². The van der Waals surface area contributed by atoms with Gasteiger partial charge in [-0.3, -0.25) is 9.36 Å². The second kappa shape index (κ2) is 9.31. The van der Waals surface area contributed by atoms with E-state index in [0.717, 1.165) is 26.0 Å².